The monoisotopic (exact) mass is 416 g/mol. The van der Waals surface area contributed by atoms with Crippen molar-refractivity contribution in [3.05, 3.63) is 35.9 Å². The molecule has 0 spiro atoms. The van der Waals surface area contributed by atoms with Crippen LogP contribution in [-0.4, -0.2) is 35.3 Å². The van der Waals surface area contributed by atoms with Crippen molar-refractivity contribution in [3.8, 4) is 0 Å². The first-order valence-electron chi connectivity index (χ1n) is 11.9. The quantitative estimate of drug-likeness (QED) is 0.429. The summed E-state index contributed by atoms with van der Waals surface area (Å²) in [5.74, 6) is 0.866. The van der Waals surface area contributed by atoms with E-state index in [4.69, 9.17) is 0 Å². The third kappa shape index (κ3) is 9.77. The Bertz CT molecular complexity index is 617. The van der Waals surface area contributed by atoms with Gasteiger partial charge in [0.05, 0.1) is 0 Å². The molecule has 0 unspecified atom stereocenters. The van der Waals surface area contributed by atoms with E-state index in [2.05, 4.69) is 45.1 Å². The second kappa shape index (κ2) is 14.2. The lowest BCUT2D eigenvalue weighted by molar-refractivity contribution is -0.135. The molecule has 1 aromatic rings. The minimum Gasteiger partial charge on any atom is -0.353 e. The van der Waals surface area contributed by atoms with Gasteiger partial charge in [-0.25, -0.2) is 0 Å². The highest BCUT2D eigenvalue weighted by Gasteiger charge is 2.24. The van der Waals surface area contributed by atoms with Crippen LogP contribution in [-0.2, 0) is 16.0 Å². The molecule has 2 amide bonds. The molecule has 0 aromatic heterocycles. The zero-order valence-electron chi connectivity index (χ0n) is 20.1. The molecule has 0 aliphatic heterocycles. The van der Waals surface area contributed by atoms with E-state index in [0.29, 0.717) is 18.8 Å². The van der Waals surface area contributed by atoms with Gasteiger partial charge in [-0.3, -0.25) is 9.59 Å². The molecule has 0 radical (unpaired) electrons. The summed E-state index contributed by atoms with van der Waals surface area (Å²) in [5, 5.41) is 3.14. The van der Waals surface area contributed by atoms with Crippen LogP contribution in [0.4, 0.5) is 0 Å². The van der Waals surface area contributed by atoms with Crippen LogP contribution in [0.25, 0.3) is 0 Å². The van der Waals surface area contributed by atoms with E-state index in [1.165, 1.54) is 12.0 Å². The molecule has 4 heteroatoms. The molecule has 0 heterocycles. The Labute approximate surface area is 184 Å². The van der Waals surface area contributed by atoms with Gasteiger partial charge in [0.1, 0.15) is 0 Å². The fraction of sp³-hybridized carbons (Fsp3) is 0.692. The molecule has 0 aliphatic rings. The highest BCUT2D eigenvalue weighted by molar-refractivity contribution is 5.79. The lowest BCUT2D eigenvalue weighted by Crippen LogP contribution is -2.43. The van der Waals surface area contributed by atoms with E-state index >= 15 is 0 Å². The number of nitrogens with zero attached hydrogens (tertiary/aromatic N) is 1. The van der Waals surface area contributed by atoms with Crippen LogP contribution in [0.15, 0.2) is 30.3 Å². The largest absolute Gasteiger partial charge is 0.353 e. The van der Waals surface area contributed by atoms with E-state index in [1.807, 2.05) is 36.9 Å². The summed E-state index contributed by atoms with van der Waals surface area (Å²) < 4.78 is 0. The van der Waals surface area contributed by atoms with Crippen molar-refractivity contribution in [1.82, 2.24) is 10.2 Å². The molecule has 0 saturated carbocycles. The van der Waals surface area contributed by atoms with Crippen LogP contribution in [0.1, 0.15) is 85.6 Å². The molecule has 4 nitrogen and oxygen atoms in total. The summed E-state index contributed by atoms with van der Waals surface area (Å²) in [5.41, 5.74) is 1.23. The zero-order valence-corrected chi connectivity index (χ0v) is 20.1. The first kappa shape index (κ1) is 26.2. The third-order valence-corrected chi connectivity index (χ3v) is 6.02. The Morgan fingerprint density at radius 3 is 2.30 bits per heavy atom. The molecule has 30 heavy (non-hydrogen) atoms. The standard InChI is InChI=1S/C26H44N2O2/c1-7-17-28(25(29)16-12-13-20(3)8-2)23(6)18-21(4)26(30)27-22(5)19-24-14-10-9-11-15-24/h9-11,14-15,20-23H,7-8,12-13,16-19H2,1-6H3,(H,27,30)/t20-,21+,22+,23-/m0/s1. The van der Waals surface area contributed by atoms with Gasteiger partial charge in [0, 0.05) is 31.0 Å². The lowest BCUT2D eigenvalue weighted by atomic mass is 9.98. The van der Waals surface area contributed by atoms with Crippen LogP contribution in [0, 0.1) is 11.8 Å². The van der Waals surface area contributed by atoms with Crippen LogP contribution in [0.5, 0.6) is 0 Å². The van der Waals surface area contributed by atoms with Crippen molar-refractivity contribution in [2.75, 3.05) is 6.54 Å². The number of carbonyl (C=O) groups is 2. The second-order valence-electron chi connectivity index (χ2n) is 9.08. The van der Waals surface area contributed by atoms with Crippen molar-refractivity contribution in [3.63, 3.8) is 0 Å². The van der Waals surface area contributed by atoms with E-state index in [0.717, 1.165) is 32.2 Å². The summed E-state index contributed by atoms with van der Waals surface area (Å²) in [7, 11) is 0. The molecular weight excluding hydrogens is 372 g/mol. The SMILES string of the molecule is CCCN(C(=O)CCC[C@@H](C)CC)[C@@H](C)C[C@@H](C)C(=O)N[C@H](C)Cc1ccccc1. The summed E-state index contributed by atoms with van der Waals surface area (Å²) in [6.07, 6.45) is 6.30. The first-order chi connectivity index (χ1) is 14.3. The molecule has 1 N–H and O–H groups in total. The second-order valence-corrected chi connectivity index (χ2v) is 9.08. The molecule has 1 aromatic carbocycles. The number of benzene rings is 1. The molecule has 170 valence electrons. The predicted molar refractivity (Wildman–Crippen MR) is 126 cm³/mol. The molecule has 1 rings (SSSR count). The smallest absolute Gasteiger partial charge is 0.223 e. The first-order valence-corrected chi connectivity index (χ1v) is 11.9. The van der Waals surface area contributed by atoms with Gasteiger partial charge in [-0.1, -0.05) is 70.9 Å². The van der Waals surface area contributed by atoms with Crippen molar-refractivity contribution in [1.29, 1.82) is 0 Å². The highest BCUT2D eigenvalue weighted by atomic mass is 16.2. The van der Waals surface area contributed by atoms with Crippen molar-refractivity contribution in [2.24, 2.45) is 11.8 Å². The van der Waals surface area contributed by atoms with Crippen molar-refractivity contribution in [2.45, 2.75) is 98.6 Å². The highest BCUT2D eigenvalue weighted by Crippen LogP contribution is 2.17. The van der Waals surface area contributed by atoms with Crippen LogP contribution in [0.2, 0.25) is 0 Å². The van der Waals surface area contributed by atoms with Crippen molar-refractivity contribution >= 4 is 11.8 Å². The molecule has 0 aliphatic carbocycles. The fourth-order valence-electron chi connectivity index (χ4n) is 3.93. The van der Waals surface area contributed by atoms with E-state index in [9.17, 15) is 9.59 Å². The maximum Gasteiger partial charge on any atom is 0.223 e. The Morgan fingerprint density at radius 1 is 1.03 bits per heavy atom. The van der Waals surface area contributed by atoms with Crippen LogP contribution >= 0.6 is 0 Å². The van der Waals surface area contributed by atoms with E-state index < -0.39 is 0 Å². The summed E-state index contributed by atoms with van der Waals surface area (Å²) in [4.78, 5) is 27.5. The van der Waals surface area contributed by atoms with Gasteiger partial charge in [-0.05, 0) is 51.0 Å². The van der Waals surface area contributed by atoms with Crippen LogP contribution in [0.3, 0.4) is 0 Å². The summed E-state index contributed by atoms with van der Waals surface area (Å²) in [6, 6.07) is 10.4. The Hall–Kier alpha value is -1.84. The average molecular weight is 417 g/mol. The van der Waals surface area contributed by atoms with Gasteiger partial charge in [0.25, 0.3) is 0 Å². The molecule has 0 fully saturated rings. The lowest BCUT2D eigenvalue weighted by Gasteiger charge is -2.31. The normalized spacial score (nSPS) is 15.1. The predicted octanol–water partition coefficient (Wildman–Crippen LogP) is 5.60. The third-order valence-electron chi connectivity index (χ3n) is 6.02. The number of hydrogen-bond acceptors (Lipinski definition) is 2. The van der Waals surface area contributed by atoms with Gasteiger partial charge >= 0.3 is 0 Å². The summed E-state index contributed by atoms with van der Waals surface area (Å²) in [6.45, 7) is 13.4. The number of hydrogen-bond donors (Lipinski definition) is 1. The maximum atomic E-state index is 12.8. The van der Waals surface area contributed by atoms with E-state index in [1.54, 1.807) is 0 Å². The zero-order chi connectivity index (χ0) is 22.5. The topological polar surface area (TPSA) is 49.4 Å². The van der Waals surface area contributed by atoms with Gasteiger partial charge < -0.3 is 10.2 Å². The minimum atomic E-state index is -0.120. The number of amides is 2. The average Bonchev–Trinajstić information content (AvgIpc) is 2.71. The van der Waals surface area contributed by atoms with Gasteiger partial charge in [0.15, 0.2) is 0 Å². The number of nitrogens with one attached hydrogen (secondary N) is 1. The van der Waals surface area contributed by atoms with Gasteiger partial charge in [-0.15, -0.1) is 0 Å². The molecular formula is C26H44N2O2. The maximum absolute atomic E-state index is 12.8. The molecule has 0 saturated heterocycles. The van der Waals surface area contributed by atoms with E-state index in [-0.39, 0.29) is 29.8 Å². The van der Waals surface area contributed by atoms with Gasteiger partial charge in [0.2, 0.25) is 11.8 Å². The summed E-state index contributed by atoms with van der Waals surface area (Å²) >= 11 is 0. The fourth-order valence-corrected chi connectivity index (χ4v) is 3.93. The van der Waals surface area contributed by atoms with Crippen LogP contribution < -0.4 is 5.32 Å². The Morgan fingerprint density at radius 2 is 1.70 bits per heavy atom. The Kier molecular flexibility index (Phi) is 12.4. The van der Waals surface area contributed by atoms with Gasteiger partial charge in [-0.2, -0.15) is 0 Å². The number of rotatable bonds is 14. The molecule has 4 atom stereocenters. The minimum absolute atomic E-state index is 0.0750. The van der Waals surface area contributed by atoms with Crippen molar-refractivity contribution < 1.29 is 9.59 Å². The number of carbonyl (C=O) groups excluding carboxylic acids is 2. The Balaban J connectivity index is 2.53. The molecule has 0 bridgehead atoms.